The number of ether oxygens (including phenoxy) is 1. The molecule has 1 aliphatic heterocycles. The molecule has 1 amide bonds. The summed E-state index contributed by atoms with van der Waals surface area (Å²) in [6.07, 6.45) is 2.93. The zero-order valence-electron chi connectivity index (χ0n) is 17.5. The van der Waals surface area contributed by atoms with E-state index in [1.165, 1.54) is 17.7 Å². The van der Waals surface area contributed by atoms with Gasteiger partial charge < -0.3 is 9.64 Å². The van der Waals surface area contributed by atoms with Crippen molar-refractivity contribution < 1.29 is 19.1 Å². The van der Waals surface area contributed by atoms with Crippen LogP contribution >= 0.6 is 0 Å². The van der Waals surface area contributed by atoms with E-state index in [2.05, 4.69) is 29.2 Å². The van der Waals surface area contributed by atoms with E-state index in [1.54, 1.807) is 24.7 Å². The summed E-state index contributed by atoms with van der Waals surface area (Å²) in [6, 6.07) is 16.7. The maximum Gasteiger partial charge on any atom is 0.246 e. The number of hydrogen-bond donors (Lipinski definition) is 2. The number of carbonyl (C=O) groups is 1. The highest BCUT2D eigenvalue weighted by atomic mass is 19.1. The first kappa shape index (κ1) is 22.4. The van der Waals surface area contributed by atoms with Crippen molar-refractivity contribution in [3.8, 4) is 0 Å². The highest BCUT2D eigenvalue weighted by Gasteiger charge is 2.26. The molecule has 2 aromatic carbocycles. The van der Waals surface area contributed by atoms with E-state index in [0.29, 0.717) is 18.8 Å². The third-order valence-corrected chi connectivity index (χ3v) is 6.16. The van der Waals surface area contributed by atoms with E-state index < -0.39 is 11.8 Å². The maximum atomic E-state index is 13.2. The van der Waals surface area contributed by atoms with Gasteiger partial charge in [0.15, 0.2) is 0 Å². The minimum atomic E-state index is -0.404. The lowest BCUT2D eigenvalue weighted by Gasteiger charge is -2.33. The van der Waals surface area contributed by atoms with Gasteiger partial charge in [0.1, 0.15) is 5.82 Å². The van der Waals surface area contributed by atoms with Gasteiger partial charge in [-0.3, -0.25) is 10.0 Å². The van der Waals surface area contributed by atoms with E-state index in [9.17, 15) is 14.4 Å². The molecule has 0 aromatic heterocycles. The Balaban J connectivity index is 1.54. The average Bonchev–Trinajstić information content (AvgIpc) is 2.80. The Bertz CT molecular complexity index is 777. The van der Waals surface area contributed by atoms with Gasteiger partial charge in [-0.05, 0) is 74.5 Å². The number of likely N-dealkylation sites (tertiary alicyclic amines) is 1. The van der Waals surface area contributed by atoms with Crippen molar-refractivity contribution in [1.82, 2.24) is 10.4 Å². The topological polar surface area (TPSA) is 61.8 Å². The molecule has 0 aliphatic carbocycles. The van der Waals surface area contributed by atoms with Crippen LogP contribution in [-0.4, -0.2) is 42.8 Å². The van der Waals surface area contributed by atoms with Gasteiger partial charge in [-0.15, -0.1) is 0 Å². The second kappa shape index (κ2) is 11.2. The third kappa shape index (κ3) is 6.11. The minimum absolute atomic E-state index is 0.308. The fourth-order valence-corrected chi connectivity index (χ4v) is 4.31. The lowest BCUT2D eigenvalue weighted by molar-refractivity contribution is -0.135. The number of carbonyl (C=O) groups excluding carboxylic acids is 1. The lowest BCUT2D eigenvalue weighted by atomic mass is 9.89. The van der Waals surface area contributed by atoms with Gasteiger partial charge in [0.2, 0.25) is 5.91 Å². The van der Waals surface area contributed by atoms with Crippen LogP contribution < -0.4 is 5.48 Å². The van der Waals surface area contributed by atoms with Crippen LogP contribution in [0.25, 0.3) is 0 Å². The predicted octanol–water partition coefficient (Wildman–Crippen LogP) is 4.29. The first-order valence-corrected chi connectivity index (χ1v) is 10.6. The second-order valence-electron chi connectivity index (χ2n) is 8.00. The summed E-state index contributed by atoms with van der Waals surface area (Å²) in [5.74, 6) is -0.511. The highest BCUT2D eigenvalue weighted by molar-refractivity contribution is 5.77. The van der Waals surface area contributed by atoms with E-state index in [0.717, 1.165) is 38.0 Å². The SMILES string of the molecule is CO[C@H](C[C@H](CCN1CCC(c2ccccc2)CC1)C(=O)NO)c1ccc(F)cc1. The molecular weight excluding hydrogens is 383 g/mol. The van der Waals surface area contributed by atoms with Gasteiger partial charge in [0.25, 0.3) is 0 Å². The third-order valence-electron chi connectivity index (χ3n) is 6.16. The minimum Gasteiger partial charge on any atom is -0.377 e. The van der Waals surface area contributed by atoms with Crippen molar-refractivity contribution in [2.45, 2.75) is 37.7 Å². The van der Waals surface area contributed by atoms with E-state index in [1.807, 2.05) is 6.07 Å². The fourth-order valence-electron chi connectivity index (χ4n) is 4.31. The summed E-state index contributed by atoms with van der Waals surface area (Å²) in [4.78, 5) is 14.6. The zero-order chi connectivity index (χ0) is 21.3. The largest absolute Gasteiger partial charge is 0.377 e. The summed E-state index contributed by atoms with van der Waals surface area (Å²) in [7, 11) is 1.58. The molecule has 2 atom stereocenters. The molecule has 2 aromatic rings. The van der Waals surface area contributed by atoms with Crippen molar-refractivity contribution in [3.05, 3.63) is 71.5 Å². The Labute approximate surface area is 177 Å². The quantitative estimate of drug-likeness (QED) is 0.475. The molecule has 2 N–H and O–H groups in total. The number of nitrogens with zero attached hydrogens (tertiary/aromatic N) is 1. The maximum absolute atomic E-state index is 13.2. The molecule has 0 radical (unpaired) electrons. The van der Waals surface area contributed by atoms with Gasteiger partial charge in [-0.25, -0.2) is 9.87 Å². The molecule has 1 fully saturated rings. The summed E-state index contributed by atoms with van der Waals surface area (Å²) in [5.41, 5.74) is 4.02. The van der Waals surface area contributed by atoms with Crippen LogP contribution in [0.1, 0.15) is 48.8 Å². The van der Waals surface area contributed by atoms with Gasteiger partial charge in [0.05, 0.1) is 6.10 Å². The molecule has 0 bridgehead atoms. The van der Waals surface area contributed by atoms with Gasteiger partial charge in [-0.1, -0.05) is 42.5 Å². The second-order valence-corrected chi connectivity index (χ2v) is 8.00. The Morgan fingerprint density at radius 2 is 1.83 bits per heavy atom. The Hall–Kier alpha value is -2.28. The van der Waals surface area contributed by atoms with Crippen LogP contribution in [0, 0.1) is 11.7 Å². The van der Waals surface area contributed by atoms with Crippen molar-refractivity contribution in [3.63, 3.8) is 0 Å². The monoisotopic (exact) mass is 414 g/mol. The molecule has 162 valence electrons. The summed E-state index contributed by atoms with van der Waals surface area (Å²) >= 11 is 0. The predicted molar refractivity (Wildman–Crippen MR) is 114 cm³/mol. The number of piperidine rings is 1. The van der Waals surface area contributed by atoms with Crippen LogP contribution in [0.4, 0.5) is 4.39 Å². The number of amides is 1. The fraction of sp³-hybridized carbons (Fsp3) is 0.458. The summed E-state index contributed by atoms with van der Waals surface area (Å²) < 4.78 is 18.8. The molecule has 3 rings (SSSR count). The summed E-state index contributed by atoms with van der Waals surface area (Å²) in [6.45, 7) is 2.79. The van der Waals surface area contributed by atoms with Crippen LogP contribution in [0.5, 0.6) is 0 Å². The van der Waals surface area contributed by atoms with Gasteiger partial charge >= 0.3 is 0 Å². The van der Waals surface area contributed by atoms with E-state index in [-0.39, 0.29) is 11.9 Å². The Morgan fingerprint density at radius 3 is 2.43 bits per heavy atom. The number of rotatable bonds is 9. The molecule has 0 spiro atoms. The van der Waals surface area contributed by atoms with Crippen LogP contribution in [0.15, 0.2) is 54.6 Å². The molecule has 0 unspecified atom stereocenters. The normalized spacial score (nSPS) is 17.4. The first-order valence-electron chi connectivity index (χ1n) is 10.6. The number of benzene rings is 2. The standard InChI is InChI=1S/C24H31FN2O3/c1-30-23(20-7-9-22(25)10-8-20)17-21(24(28)26-29)13-16-27-14-11-19(12-15-27)18-5-3-2-4-6-18/h2-10,19,21,23,29H,11-17H2,1H3,(H,26,28)/t21-,23+/m0/s1. The Kier molecular flexibility index (Phi) is 8.37. The molecule has 1 aliphatic rings. The smallest absolute Gasteiger partial charge is 0.246 e. The van der Waals surface area contributed by atoms with Crippen LogP contribution in [-0.2, 0) is 9.53 Å². The van der Waals surface area contributed by atoms with Crippen LogP contribution in [0.2, 0.25) is 0 Å². The number of halogens is 1. The highest BCUT2D eigenvalue weighted by Crippen LogP contribution is 2.30. The van der Waals surface area contributed by atoms with Crippen molar-refractivity contribution in [2.75, 3.05) is 26.7 Å². The number of hydrogen-bond acceptors (Lipinski definition) is 4. The number of nitrogens with one attached hydrogen (secondary N) is 1. The van der Waals surface area contributed by atoms with E-state index in [4.69, 9.17) is 4.74 Å². The molecule has 30 heavy (non-hydrogen) atoms. The summed E-state index contributed by atoms with van der Waals surface area (Å²) in [5, 5.41) is 9.19. The molecule has 1 heterocycles. The van der Waals surface area contributed by atoms with E-state index >= 15 is 0 Å². The molecule has 5 nitrogen and oxygen atoms in total. The van der Waals surface area contributed by atoms with Crippen molar-refractivity contribution in [1.29, 1.82) is 0 Å². The molecule has 0 saturated carbocycles. The van der Waals surface area contributed by atoms with Crippen molar-refractivity contribution >= 4 is 5.91 Å². The number of hydroxylamine groups is 1. The molecule has 1 saturated heterocycles. The van der Waals surface area contributed by atoms with Gasteiger partial charge in [0, 0.05) is 13.0 Å². The molecular formula is C24H31FN2O3. The number of methoxy groups -OCH3 is 1. The lowest BCUT2D eigenvalue weighted by Crippen LogP contribution is -2.37. The molecule has 6 heteroatoms. The first-order chi connectivity index (χ1) is 14.6. The van der Waals surface area contributed by atoms with Gasteiger partial charge in [-0.2, -0.15) is 0 Å². The Morgan fingerprint density at radius 1 is 1.17 bits per heavy atom. The average molecular weight is 415 g/mol. The van der Waals surface area contributed by atoms with Crippen LogP contribution in [0.3, 0.4) is 0 Å². The zero-order valence-corrected chi connectivity index (χ0v) is 17.5. The van der Waals surface area contributed by atoms with Crippen molar-refractivity contribution in [2.24, 2.45) is 5.92 Å².